The van der Waals surface area contributed by atoms with Crippen LogP contribution in [0, 0.1) is 0 Å². The summed E-state index contributed by atoms with van der Waals surface area (Å²) in [5, 5.41) is 2.78. The minimum absolute atomic E-state index is 0.114. The Hall–Kier alpha value is -3.01. The molecular weight excluding hydrogens is 464 g/mol. The molecule has 1 aliphatic heterocycles. The molecule has 2 aromatic carbocycles. The van der Waals surface area contributed by atoms with Crippen LogP contribution in [0.2, 0.25) is 0 Å². The summed E-state index contributed by atoms with van der Waals surface area (Å²) in [5.74, 6) is -4.20. The van der Waals surface area contributed by atoms with Crippen LogP contribution in [-0.4, -0.2) is 46.4 Å². The lowest BCUT2D eigenvalue weighted by molar-refractivity contribution is 0.0916. The number of benzene rings is 2. The molecule has 1 saturated carbocycles. The maximum atomic E-state index is 13.6. The first-order chi connectivity index (χ1) is 15.8. The number of imidazole rings is 1. The monoisotopic (exact) mass is 489 g/mol. The summed E-state index contributed by atoms with van der Waals surface area (Å²) < 4.78 is 53.4. The molecule has 1 unspecified atom stereocenters. The van der Waals surface area contributed by atoms with Crippen LogP contribution in [0.1, 0.15) is 55.1 Å². The maximum Gasteiger partial charge on any atom is 0.333 e. The van der Waals surface area contributed by atoms with Crippen molar-refractivity contribution in [3.05, 3.63) is 64.1 Å². The molecule has 2 fully saturated rings. The molecule has 3 aromatic rings. The summed E-state index contributed by atoms with van der Waals surface area (Å²) in [4.78, 5) is 26.3. The van der Waals surface area contributed by atoms with Crippen LogP contribution in [0.3, 0.4) is 0 Å². The predicted octanol–water partition coefficient (Wildman–Crippen LogP) is 3.41. The van der Waals surface area contributed by atoms with Gasteiger partial charge in [0.25, 0.3) is 11.8 Å². The van der Waals surface area contributed by atoms with Crippen molar-refractivity contribution >= 4 is 26.8 Å². The summed E-state index contributed by atoms with van der Waals surface area (Å²) in [6.45, 7) is 5.38. The van der Waals surface area contributed by atoms with E-state index in [1.165, 1.54) is 4.57 Å². The van der Waals surface area contributed by atoms with Gasteiger partial charge in [-0.1, -0.05) is 12.1 Å². The van der Waals surface area contributed by atoms with E-state index in [4.69, 9.17) is 0 Å². The predicted molar refractivity (Wildman–Crippen MR) is 125 cm³/mol. The highest BCUT2D eigenvalue weighted by atomic mass is 32.2. The molecule has 2 aliphatic rings. The highest BCUT2D eigenvalue weighted by Gasteiger charge is 2.57. The standard InChI is InChI=1S/C24H25F2N3O4S/c1-14(2)28-20-10-16(21(30)27-23(3)12-34(32,33)13-23)7-8-19(20)29(22(28)31)17-6-4-5-15(9-17)18-11-24(18,25)26/h4-10,14,18H,11-13H2,1-3H3,(H,27,30). The van der Waals surface area contributed by atoms with Crippen molar-refractivity contribution in [1.82, 2.24) is 14.5 Å². The van der Waals surface area contributed by atoms with E-state index in [0.29, 0.717) is 27.8 Å². The maximum absolute atomic E-state index is 13.6. The van der Waals surface area contributed by atoms with Gasteiger partial charge in [0.2, 0.25) is 0 Å². The van der Waals surface area contributed by atoms with Gasteiger partial charge in [0.15, 0.2) is 9.84 Å². The van der Waals surface area contributed by atoms with Gasteiger partial charge in [-0.05, 0) is 56.7 Å². The summed E-state index contributed by atoms with van der Waals surface area (Å²) in [6, 6.07) is 11.3. The van der Waals surface area contributed by atoms with Gasteiger partial charge in [0.05, 0.1) is 39.7 Å². The fourth-order valence-corrected chi connectivity index (χ4v) is 6.91. The first-order valence-corrected chi connectivity index (χ1v) is 12.9. The van der Waals surface area contributed by atoms with E-state index in [1.807, 2.05) is 13.8 Å². The highest BCUT2D eigenvalue weighted by Crippen LogP contribution is 2.55. The molecule has 1 N–H and O–H groups in total. The topological polar surface area (TPSA) is 90.2 Å². The molecule has 7 nitrogen and oxygen atoms in total. The van der Waals surface area contributed by atoms with Crippen LogP contribution in [0.5, 0.6) is 0 Å². The second kappa shape index (κ2) is 7.24. The van der Waals surface area contributed by atoms with Crippen molar-refractivity contribution in [3.8, 4) is 5.69 Å². The molecule has 180 valence electrons. The Morgan fingerprint density at radius 1 is 1.12 bits per heavy atom. The molecular formula is C24H25F2N3O4S. The lowest BCUT2D eigenvalue weighted by Crippen LogP contribution is -2.63. The van der Waals surface area contributed by atoms with Crippen molar-refractivity contribution in [2.75, 3.05) is 11.5 Å². The van der Waals surface area contributed by atoms with Crippen LogP contribution in [0.25, 0.3) is 16.7 Å². The van der Waals surface area contributed by atoms with E-state index < -0.39 is 33.1 Å². The molecule has 5 rings (SSSR count). The van der Waals surface area contributed by atoms with Gasteiger partial charge in [-0.15, -0.1) is 0 Å². The van der Waals surface area contributed by atoms with Gasteiger partial charge in [0.1, 0.15) is 0 Å². The Kier molecular flexibility index (Phi) is 4.85. The van der Waals surface area contributed by atoms with Gasteiger partial charge in [0, 0.05) is 18.0 Å². The van der Waals surface area contributed by atoms with Gasteiger partial charge in [-0.2, -0.15) is 0 Å². The SMILES string of the molecule is CC(C)n1c(=O)n(-c2cccc(C3CC3(F)F)c2)c2ccc(C(=O)NC3(C)CS(=O)(=O)C3)cc21. The number of hydrogen-bond acceptors (Lipinski definition) is 4. The number of amides is 1. The number of hydrogen-bond donors (Lipinski definition) is 1. The third-order valence-electron chi connectivity index (χ3n) is 6.50. The fraction of sp³-hybridized carbons (Fsp3) is 0.417. The van der Waals surface area contributed by atoms with E-state index in [0.717, 1.165) is 0 Å². The van der Waals surface area contributed by atoms with Crippen molar-refractivity contribution < 1.29 is 22.0 Å². The van der Waals surface area contributed by atoms with Gasteiger partial charge in [-0.3, -0.25) is 13.9 Å². The number of nitrogens with one attached hydrogen (secondary N) is 1. The molecule has 1 aromatic heterocycles. The number of nitrogens with zero attached hydrogens (tertiary/aromatic N) is 2. The molecule has 34 heavy (non-hydrogen) atoms. The van der Waals surface area contributed by atoms with E-state index in [1.54, 1.807) is 54.0 Å². The molecule has 0 spiro atoms. The third kappa shape index (κ3) is 3.73. The van der Waals surface area contributed by atoms with Crippen molar-refractivity contribution in [2.24, 2.45) is 0 Å². The Morgan fingerprint density at radius 3 is 2.38 bits per heavy atom. The molecule has 1 saturated heterocycles. The van der Waals surface area contributed by atoms with Gasteiger partial charge >= 0.3 is 5.69 Å². The van der Waals surface area contributed by atoms with Crippen LogP contribution in [0.4, 0.5) is 8.78 Å². The zero-order chi connectivity index (χ0) is 24.6. The van der Waals surface area contributed by atoms with Gasteiger partial charge in [-0.25, -0.2) is 22.0 Å². The number of sulfone groups is 1. The lowest BCUT2D eigenvalue weighted by Gasteiger charge is -2.38. The first-order valence-electron chi connectivity index (χ1n) is 11.1. The van der Waals surface area contributed by atoms with Crippen LogP contribution < -0.4 is 11.0 Å². The second-order valence-electron chi connectivity index (χ2n) is 9.94. The van der Waals surface area contributed by atoms with E-state index >= 15 is 0 Å². The molecule has 1 atom stereocenters. The van der Waals surface area contributed by atoms with Crippen molar-refractivity contribution in [3.63, 3.8) is 0 Å². The molecule has 0 bridgehead atoms. The van der Waals surface area contributed by atoms with E-state index in [2.05, 4.69) is 5.32 Å². The number of carbonyl (C=O) groups excluding carboxylic acids is 1. The number of alkyl halides is 2. The quantitative estimate of drug-likeness (QED) is 0.595. The summed E-state index contributed by atoms with van der Waals surface area (Å²) in [5.41, 5.74) is 1.20. The van der Waals surface area contributed by atoms with Crippen LogP contribution in [0.15, 0.2) is 47.3 Å². The van der Waals surface area contributed by atoms with Crippen molar-refractivity contribution in [2.45, 2.75) is 50.6 Å². The van der Waals surface area contributed by atoms with E-state index in [9.17, 15) is 26.8 Å². The average molecular weight is 490 g/mol. The molecule has 1 aliphatic carbocycles. The number of aromatic nitrogens is 2. The Morgan fingerprint density at radius 2 is 1.79 bits per heavy atom. The zero-order valence-corrected chi connectivity index (χ0v) is 19.8. The first kappa shape index (κ1) is 22.8. The number of carbonyl (C=O) groups is 1. The Balaban J connectivity index is 1.56. The number of rotatable bonds is 5. The normalized spacial score (nSPS) is 21.9. The summed E-state index contributed by atoms with van der Waals surface area (Å²) >= 11 is 0. The number of fused-ring (bicyclic) bond motifs is 1. The Bertz CT molecular complexity index is 1490. The lowest BCUT2D eigenvalue weighted by atomic mass is 10.1. The highest BCUT2D eigenvalue weighted by molar-refractivity contribution is 7.93. The average Bonchev–Trinajstić information content (AvgIpc) is 3.24. The van der Waals surface area contributed by atoms with Crippen LogP contribution in [-0.2, 0) is 9.84 Å². The molecule has 0 radical (unpaired) electrons. The molecule has 2 heterocycles. The third-order valence-corrected chi connectivity index (χ3v) is 8.65. The smallest absolute Gasteiger partial charge is 0.333 e. The summed E-state index contributed by atoms with van der Waals surface area (Å²) in [7, 11) is -3.13. The van der Waals surface area contributed by atoms with Crippen molar-refractivity contribution in [1.29, 1.82) is 0 Å². The second-order valence-corrected chi connectivity index (χ2v) is 12.0. The summed E-state index contributed by atoms with van der Waals surface area (Å²) in [6.07, 6.45) is -0.197. The molecule has 1 amide bonds. The minimum Gasteiger partial charge on any atom is -0.345 e. The minimum atomic E-state index is -3.13. The fourth-order valence-electron chi connectivity index (χ4n) is 4.91. The largest absolute Gasteiger partial charge is 0.345 e. The number of halogens is 2. The van der Waals surface area contributed by atoms with E-state index in [-0.39, 0.29) is 29.7 Å². The Labute approximate surface area is 195 Å². The molecule has 10 heteroatoms. The van der Waals surface area contributed by atoms with Gasteiger partial charge < -0.3 is 5.32 Å². The zero-order valence-electron chi connectivity index (χ0n) is 19.0. The van der Waals surface area contributed by atoms with Crippen LogP contribution >= 0.6 is 0 Å².